The van der Waals surface area contributed by atoms with E-state index in [0.717, 1.165) is 32.5 Å². The van der Waals surface area contributed by atoms with E-state index in [1.165, 1.54) is 5.56 Å². The first-order chi connectivity index (χ1) is 15.2. The summed E-state index contributed by atoms with van der Waals surface area (Å²) in [4.78, 5) is 13.7. The fraction of sp³-hybridized carbons (Fsp3) is 0.0800. The van der Waals surface area contributed by atoms with Crippen molar-refractivity contribution in [3.05, 3.63) is 101 Å². The fourth-order valence-electron chi connectivity index (χ4n) is 3.59. The van der Waals surface area contributed by atoms with Crippen LogP contribution in [0.1, 0.15) is 18.5 Å². The van der Waals surface area contributed by atoms with E-state index in [-0.39, 0.29) is 6.04 Å². The predicted octanol–water partition coefficient (Wildman–Crippen LogP) is 6.42. The predicted molar refractivity (Wildman–Crippen MR) is 128 cm³/mol. The molecule has 152 valence electrons. The van der Waals surface area contributed by atoms with E-state index in [2.05, 4.69) is 80.6 Å². The minimum Gasteiger partial charge on any atom is -0.348 e. The zero-order valence-corrected chi connectivity index (χ0v) is 18.5. The molecule has 0 fully saturated rings. The number of aromatic nitrogens is 4. The summed E-state index contributed by atoms with van der Waals surface area (Å²) in [6, 6.07) is 26.8. The monoisotopic (exact) mass is 469 g/mol. The van der Waals surface area contributed by atoms with Crippen molar-refractivity contribution in [2.75, 3.05) is 5.32 Å². The van der Waals surface area contributed by atoms with Crippen LogP contribution in [0.3, 0.4) is 0 Å². The summed E-state index contributed by atoms with van der Waals surface area (Å²) in [5.74, 6) is 1.36. The molecule has 5 aromatic rings. The van der Waals surface area contributed by atoms with E-state index in [0.29, 0.717) is 5.95 Å². The average Bonchev–Trinajstić information content (AvgIpc) is 3.24. The third kappa shape index (κ3) is 4.07. The Hall–Kier alpha value is -3.51. The molecule has 5 rings (SSSR count). The standard InChI is InChI=1S/C25H20BrN5/c1-17(18-5-3-2-4-6-18)29-25-27-14-13-24(30-25)31-16-28-22-15-20(9-12-23(22)31)19-7-10-21(26)11-8-19/h2-17H,1H3,(H,27,29,30)/t17-/m0/s1. The van der Waals surface area contributed by atoms with Crippen molar-refractivity contribution in [2.24, 2.45) is 0 Å². The number of nitrogens with one attached hydrogen (secondary N) is 1. The van der Waals surface area contributed by atoms with Crippen LogP contribution in [0.2, 0.25) is 0 Å². The van der Waals surface area contributed by atoms with Gasteiger partial charge in [-0.25, -0.2) is 9.97 Å². The summed E-state index contributed by atoms with van der Waals surface area (Å²) in [5.41, 5.74) is 5.40. The summed E-state index contributed by atoms with van der Waals surface area (Å²) in [6.45, 7) is 2.10. The molecular formula is C25H20BrN5. The summed E-state index contributed by atoms with van der Waals surface area (Å²) < 4.78 is 3.05. The molecule has 0 radical (unpaired) electrons. The van der Waals surface area contributed by atoms with Gasteiger partial charge in [0.05, 0.1) is 17.1 Å². The molecule has 3 aromatic carbocycles. The lowest BCUT2D eigenvalue weighted by atomic mass is 10.1. The largest absolute Gasteiger partial charge is 0.348 e. The Balaban J connectivity index is 1.44. The van der Waals surface area contributed by atoms with Gasteiger partial charge in [-0.05, 0) is 53.9 Å². The quantitative estimate of drug-likeness (QED) is 0.322. The van der Waals surface area contributed by atoms with Crippen LogP contribution < -0.4 is 5.32 Å². The second-order valence-electron chi connectivity index (χ2n) is 7.34. The lowest BCUT2D eigenvalue weighted by Gasteiger charge is -2.14. The van der Waals surface area contributed by atoms with Gasteiger partial charge in [-0.1, -0.05) is 64.5 Å². The van der Waals surface area contributed by atoms with Gasteiger partial charge in [0.1, 0.15) is 12.1 Å². The van der Waals surface area contributed by atoms with Crippen LogP contribution >= 0.6 is 15.9 Å². The molecule has 1 N–H and O–H groups in total. The maximum Gasteiger partial charge on any atom is 0.225 e. The van der Waals surface area contributed by atoms with Gasteiger partial charge in [-0.2, -0.15) is 4.98 Å². The van der Waals surface area contributed by atoms with Gasteiger partial charge in [0.2, 0.25) is 5.95 Å². The van der Waals surface area contributed by atoms with E-state index in [1.54, 1.807) is 6.20 Å². The molecule has 2 aromatic heterocycles. The third-order valence-electron chi connectivity index (χ3n) is 5.26. The normalized spacial score (nSPS) is 12.1. The SMILES string of the molecule is C[C@H](Nc1nccc(-n2cnc3cc(-c4ccc(Br)cc4)ccc32)n1)c1ccccc1. The van der Waals surface area contributed by atoms with Crippen LogP contribution in [0.5, 0.6) is 0 Å². The van der Waals surface area contributed by atoms with Gasteiger partial charge >= 0.3 is 0 Å². The average molecular weight is 470 g/mol. The van der Waals surface area contributed by atoms with Crippen molar-refractivity contribution in [2.45, 2.75) is 13.0 Å². The van der Waals surface area contributed by atoms with E-state index >= 15 is 0 Å². The molecule has 0 amide bonds. The Morgan fingerprint density at radius 1 is 0.871 bits per heavy atom. The smallest absolute Gasteiger partial charge is 0.225 e. The highest BCUT2D eigenvalue weighted by Gasteiger charge is 2.11. The number of fused-ring (bicyclic) bond motifs is 1. The van der Waals surface area contributed by atoms with E-state index in [4.69, 9.17) is 4.98 Å². The minimum atomic E-state index is 0.101. The van der Waals surface area contributed by atoms with Crippen molar-refractivity contribution in [3.8, 4) is 16.9 Å². The highest BCUT2D eigenvalue weighted by molar-refractivity contribution is 9.10. The molecule has 6 heteroatoms. The van der Waals surface area contributed by atoms with Gasteiger partial charge in [-0.15, -0.1) is 0 Å². The summed E-state index contributed by atoms with van der Waals surface area (Å²) in [5, 5.41) is 3.38. The number of halogens is 1. The Labute approximate surface area is 189 Å². The van der Waals surface area contributed by atoms with Gasteiger partial charge < -0.3 is 5.32 Å². The van der Waals surface area contributed by atoms with Crippen molar-refractivity contribution < 1.29 is 0 Å². The highest BCUT2D eigenvalue weighted by Crippen LogP contribution is 2.26. The second-order valence-corrected chi connectivity index (χ2v) is 8.26. The Morgan fingerprint density at radius 2 is 1.65 bits per heavy atom. The van der Waals surface area contributed by atoms with Crippen molar-refractivity contribution in [3.63, 3.8) is 0 Å². The van der Waals surface area contributed by atoms with Crippen LogP contribution in [0.25, 0.3) is 28.0 Å². The van der Waals surface area contributed by atoms with E-state index in [1.807, 2.05) is 47.3 Å². The summed E-state index contributed by atoms with van der Waals surface area (Å²) in [6.07, 6.45) is 3.58. The molecule has 0 saturated carbocycles. The molecular weight excluding hydrogens is 450 g/mol. The highest BCUT2D eigenvalue weighted by atomic mass is 79.9. The maximum absolute atomic E-state index is 4.72. The molecule has 2 heterocycles. The van der Waals surface area contributed by atoms with Crippen LogP contribution in [-0.4, -0.2) is 19.5 Å². The number of hydrogen-bond donors (Lipinski definition) is 1. The first kappa shape index (κ1) is 19.5. The molecule has 0 saturated heterocycles. The molecule has 0 spiro atoms. The van der Waals surface area contributed by atoms with Crippen molar-refractivity contribution >= 4 is 32.9 Å². The molecule has 0 aliphatic carbocycles. The first-order valence-electron chi connectivity index (χ1n) is 10.1. The lowest BCUT2D eigenvalue weighted by molar-refractivity contribution is 0.854. The number of imidazole rings is 1. The summed E-state index contributed by atoms with van der Waals surface area (Å²) in [7, 11) is 0. The van der Waals surface area contributed by atoms with Crippen molar-refractivity contribution in [1.29, 1.82) is 0 Å². The Kier molecular flexibility index (Phi) is 5.22. The molecule has 1 atom stereocenters. The number of benzene rings is 3. The molecule has 31 heavy (non-hydrogen) atoms. The molecule has 5 nitrogen and oxygen atoms in total. The Bertz CT molecular complexity index is 1330. The number of anilines is 1. The Morgan fingerprint density at radius 3 is 2.45 bits per heavy atom. The summed E-state index contributed by atoms with van der Waals surface area (Å²) >= 11 is 3.49. The van der Waals surface area contributed by atoms with E-state index < -0.39 is 0 Å². The van der Waals surface area contributed by atoms with Gasteiger partial charge in [0.15, 0.2) is 0 Å². The zero-order valence-electron chi connectivity index (χ0n) is 16.9. The van der Waals surface area contributed by atoms with Gasteiger partial charge in [0, 0.05) is 10.7 Å². The molecule has 0 bridgehead atoms. The topological polar surface area (TPSA) is 55.6 Å². The van der Waals surface area contributed by atoms with E-state index in [9.17, 15) is 0 Å². The third-order valence-corrected chi connectivity index (χ3v) is 5.79. The van der Waals surface area contributed by atoms with Crippen LogP contribution in [0.15, 0.2) is 95.9 Å². The molecule has 0 unspecified atom stereocenters. The number of hydrogen-bond acceptors (Lipinski definition) is 4. The minimum absolute atomic E-state index is 0.101. The zero-order chi connectivity index (χ0) is 21.2. The number of rotatable bonds is 5. The molecule has 0 aliphatic rings. The second kappa shape index (κ2) is 8.32. The first-order valence-corrected chi connectivity index (χ1v) is 10.8. The van der Waals surface area contributed by atoms with Gasteiger partial charge in [-0.3, -0.25) is 4.57 Å². The van der Waals surface area contributed by atoms with Gasteiger partial charge in [0.25, 0.3) is 0 Å². The lowest BCUT2D eigenvalue weighted by Crippen LogP contribution is -2.10. The van der Waals surface area contributed by atoms with Crippen LogP contribution in [-0.2, 0) is 0 Å². The van der Waals surface area contributed by atoms with Crippen LogP contribution in [0.4, 0.5) is 5.95 Å². The maximum atomic E-state index is 4.72. The van der Waals surface area contributed by atoms with Crippen LogP contribution in [0, 0.1) is 0 Å². The number of nitrogens with zero attached hydrogens (tertiary/aromatic N) is 4. The molecule has 0 aliphatic heterocycles. The fourth-order valence-corrected chi connectivity index (χ4v) is 3.85. The van der Waals surface area contributed by atoms with Crippen molar-refractivity contribution in [1.82, 2.24) is 19.5 Å².